The van der Waals surface area contributed by atoms with Crippen LogP contribution >= 0.6 is 12.4 Å². The number of carbonyl (C=O) groups excluding carboxylic acids is 1. The number of nitrogens with one attached hydrogen (secondary N) is 3. The van der Waals surface area contributed by atoms with Gasteiger partial charge in [-0.15, -0.1) is 12.4 Å². The smallest absolute Gasteiger partial charge is 0.246 e. The molecule has 0 saturated heterocycles. The standard InChI is InChI=1S/C12H22N4O4S.ClH/c1-5-13-6-7-14-12(17)9(3)16-21(18,19)11-8(2)15-20-10(11)4;/h9,13,16H,5-7H2,1-4H3,(H,14,17);1H. The lowest BCUT2D eigenvalue weighted by Crippen LogP contribution is -2.46. The molecule has 1 aromatic heterocycles. The number of halogens is 1. The van der Waals surface area contributed by atoms with Crippen molar-refractivity contribution in [2.45, 2.75) is 38.6 Å². The molecule has 1 rings (SSSR count). The van der Waals surface area contributed by atoms with Crippen molar-refractivity contribution < 1.29 is 17.7 Å². The third-order valence-corrected chi connectivity index (χ3v) is 4.60. The van der Waals surface area contributed by atoms with Gasteiger partial charge in [-0.3, -0.25) is 4.79 Å². The molecule has 1 atom stereocenters. The largest absolute Gasteiger partial charge is 0.360 e. The summed E-state index contributed by atoms with van der Waals surface area (Å²) in [7, 11) is -3.84. The van der Waals surface area contributed by atoms with Crippen LogP contribution in [0.25, 0.3) is 0 Å². The van der Waals surface area contributed by atoms with Gasteiger partial charge in [0.15, 0.2) is 5.76 Å². The second-order valence-corrected chi connectivity index (χ2v) is 6.29. The van der Waals surface area contributed by atoms with Crippen LogP contribution in [0.5, 0.6) is 0 Å². The summed E-state index contributed by atoms with van der Waals surface area (Å²) in [5, 5.41) is 9.30. The summed E-state index contributed by atoms with van der Waals surface area (Å²) in [6, 6.07) is -0.884. The Balaban J connectivity index is 0.00000441. The number of aryl methyl sites for hydroxylation is 2. The SMILES string of the molecule is CCNCCNC(=O)C(C)NS(=O)(=O)c1c(C)noc1C.Cl. The molecule has 0 aliphatic rings. The average molecular weight is 355 g/mol. The van der Waals surface area contributed by atoms with E-state index in [1.807, 2.05) is 6.92 Å². The van der Waals surface area contributed by atoms with E-state index in [0.717, 1.165) is 6.54 Å². The molecule has 1 amide bonds. The highest BCUT2D eigenvalue weighted by atomic mass is 35.5. The van der Waals surface area contributed by atoms with Gasteiger partial charge in [-0.2, -0.15) is 4.72 Å². The van der Waals surface area contributed by atoms with Crippen molar-refractivity contribution in [1.82, 2.24) is 20.5 Å². The molecule has 0 bridgehead atoms. The van der Waals surface area contributed by atoms with Crippen LogP contribution in [0.3, 0.4) is 0 Å². The summed E-state index contributed by atoms with van der Waals surface area (Å²) in [6.45, 7) is 8.36. The quantitative estimate of drug-likeness (QED) is 0.571. The van der Waals surface area contributed by atoms with Gasteiger partial charge in [-0.05, 0) is 27.3 Å². The van der Waals surface area contributed by atoms with Crippen molar-refractivity contribution in [3.05, 3.63) is 11.5 Å². The highest BCUT2D eigenvalue weighted by Gasteiger charge is 2.27. The molecule has 1 aromatic rings. The van der Waals surface area contributed by atoms with Crippen molar-refractivity contribution in [1.29, 1.82) is 0 Å². The first-order valence-electron chi connectivity index (χ1n) is 6.73. The Hall–Kier alpha value is -1.16. The topological polar surface area (TPSA) is 113 Å². The minimum atomic E-state index is -3.84. The molecular weight excluding hydrogens is 332 g/mol. The van der Waals surface area contributed by atoms with Crippen LogP contribution < -0.4 is 15.4 Å². The van der Waals surface area contributed by atoms with E-state index in [9.17, 15) is 13.2 Å². The predicted octanol–water partition coefficient (Wildman–Crippen LogP) is 0.106. The van der Waals surface area contributed by atoms with Crippen molar-refractivity contribution in [2.24, 2.45) is 0 Å². The lowest BCUT2D eigenvalue weighted by molar-refractivity contribution is -0.122. The van der Waals surface area contributed by atoms with Gasteiger partial charge < -0.3 is 15.2 Å². The number of likely N-dealkylation sites (N-methyl/N-ethyl adjacent to an activating group) is 1. The normalized spacial score (nSPS) is 12.5. The van der Waals surface area contributed by atoms with E-state index in [1.54, 1.807) is 0 Å². The van der Waals surface area contributed by atoms with Crippen LogP contribution in [0.15, 0.2) is 9.42 Å². The van der Waals surface area contributed by atoms with E-state index in [1.165, 1.54) is 20.8 Å². The summed E-state index contributed by atoms with van der Waals surface area (Å²) in [4.78, 5) is 11.8. The number of nitrogens with zero attached hydrogens (tertiary/aromatic N) is 1. The first-order chi connectivity index (χ1) is 9.79. The van der Waals surface area contributed by atoms with Crippen LogP contribution in [-0.2, 0) is 14.8 Å². The zero-order chi connectivity index (χ0) is 16.0. The fourth-order valence-corrected chi connectivity index (χ4v) is 3.34. The Morgan fingerprint density at radius 1 is 1.32 bits per heavy atom. The summed E-state index contributed by atoms with van der Waals surface area (Å²) in [5.74, 6) is -0.192. The molecule has 3 N–H and O–H groups in total. The third kappa shape index (κ3) is 5.56. The zero-order valence-electron chi connectivity index (χ0n) is 13.1. The molecule has 8 nitrogen and oxygen atoms in total. The highest BCUT2D eigenvalue weighted by molar-refractivity contribution is 7.89. The van der Waals surface area contributed by atoms with E-state index >= 15 is 0 Å². The summed E-state index contributed by atoms with van der Waals surface area (Å²) >= 11 is 0. The van der Waals surface area contributed by atoms with Gasteiger partial charge in [0, 0.05) is 13.1 Å². The second-order valence-electron chi connectivity index (χ2n) is 4.64. The number of carbonyl (C=O) groups is 1. The first kappa shape index (κ1) is 20.8. The van der Waals surface area contributed by atoms with Crippen molar-refractivity contribution in [3.63, 3.8) is 0 Å². The van der Waals surface area contributed by atoms with Crippen LogP contribution in [0, 0.1) is 13.8 Å². The number of hydrogen-bond acceptors (Lipinski definition) is 6. The fourth-order valence-electron chi connectivity index (χ4n) is 1.81. The van der Waals surface area contributed by atoms with Crippen molar-refractivity contribution >= 4 is 28.3 Å². The van der Waals surface area contributed by atoms with Gasteiger partial charge in [0.1, 0.15) is 10.6 Å². The van der Waals surface area contributed by atoms with E-state index in [2.05, 4.69) is 20.5 Å². The molecule has 0 aliphatic heterocycles. The maximum atomic E-state index is 12.2. The maximum Gasteiger partial charge on any atom is 0.246 e. The Morgan fingerprint density at radius 2 is 1.95 bits per heavy atom. The van der Waals surface area contributed by atoms with Gasteiger partial charge in [0.25, 0.3) is 0 Å². The number of sulfonamides is 1. The van der Waals surface area contributed by atoms with Crippen molar-refractivity contribution in [2.75, 3.05) is 19.6 Å². The van der Waals surface area contributed by atoms with Gasteiger partial charge >= 0.3 is 0 Å². The molecule has 1 unspecified atom stereocenters. The lowest BCUT2D eigenvalue weighted by Gasteiger charge is -2.14. The molecule has 0 fully saturated rings. The van der Waals surface area contributed by atoms with Crippen molar-refractivity contribution in [3.8, 4) is 0 Å². The molecule has 0 aliphatic carbocycles. The third-order valence-electron chi connectivity index (χ3n) is 2.81. The van der Waals surface area contributed by atoms with Crippen LogP contribution in [-0.4, -0.2) is 45.2 Å². The lowest BCUT2D eigenvalue weighted by atomic mass is 10.3. The number of amides is 1. The van der Waals surface area contributed by atoms with Gasteiger partial charge in [-0.1, -0.05) is 12.1 Å². The molecule has 1 heterocycles. The maximum absolute atomic E-state index is 12.2. The van der Waals surface area contributed by atoms with E-state index < -0.39 is 16.1 Å². The predicted molar refractivity (Wildman–Crippen MR) is 84.6 cm³/mol. The fraction of sp³-hybridized carbons (Fsp3) is 0.667. The van der Waals surface area contributed by atoms with Crippen LogP contribution in [0.1, 0.15) is 25.3 Å². The van der Waals surface area contributed by atoms with Crippen LogP contribution in [0.4, 0.5) is 0 Å². The molecule has 22 heavy (non-hydrogen) atoms. The molecule has 10 heteroatoms. The van der Waals surface area contributed by atoms with Crippen LogP contribution in [0.2, 0.25) is 0 Å². The number of aromatic nitrogens is 1. The van der Waals surface area contributed by atoms with E-state index in [0.29, 0.717) is 13.1 Å². The van der Waals surface area contributed by atoms with E-state index in [-0.39, 0.29) is 34.7 Å². The summed E-state index contributed by atoms with van der Waals surface area (Å²) in [6.07, 6.45) is 0. The number of hydrogen-bond donors (Lipinski definition) is 3. The molecule has 128 valence electrons. The molecule has 0 saturated carbocycles. The Labute approximate surface area is 136 Å². The highest BCUT2D eigenvalue weighted by Crippen LogP contribution is 2.18. The summed E-state index contributed by atoms with van der Waals surface area (Å²) < 4.78 is 31.6. The minimum absolute atomic E-state index is 0. The molecular formula is C12H23ClN4O4S. The Kier molecular flexibility index (Phi) is 8.61. The van der Waals surface area contributed by atoms with Gasteiger partial charge in [0.2, 0.25) is 15.9 Å². The monoisotopic (exact) mass is 354 g/mol. The first-order valence-corrected chi connectivity index (χ1v) is 8.21. The molecule has 0 spiro atoms. The molecule has 0 aromatic carbocycles. The summed E-state index contributed by atoms with van der Waals surface area (Å²) in [5.41, 5.74) is 0.264. The average Bonchev–Trinajstić information content (AvgIpc) is 2.74. The molecule has 0 radical (unpaired) electrons. The zero-order valence-corrected chi connectivity index (χ0v) is 14.7. The Bertz CT molecular complexity index is 568. The van der Waals surface area contributed by atoms with Gasteiger partial charge in [0.05, 0.1) is 6.04 Å². The minimum Gasteiger partial charge on any atom is -0.360 e. The van der Waals surface area contributed by atoms with E-state index in [4.69, 9.17) is 4.52 Å². The van der Waals surface area contributed by atoms with Gasteiger partial charge in [-0.25, -0.2) is 8.42 Å². The second kappa shape index (κ2) is 9.09. The Morgan fingerprint density at radius 3 is 2.45 bits per heavy atom. The number of rotatable bonds is 8.